The van der Waals surface area contributed by atoms with E-state index >= 15 is 0 Å². The van der Waals surface area contributed by atoms with E-state index < -0.39 is 0 Å². The molecule has 1 aromatic carbocycles. The fraction of sp³-hybridized carbons (Fsp3) is 0.368. The zero-order valence-corrected chi connectivity index (χ0v) is 14.3. The lowest BCUT2D eigenvalue weighted by atomic mass is 9.87. The number of benzene rings is 1. The third-order valence-electron chi connectivity index (χ3n) is 4.93. The van der Waals surface area contributed by atoms with Crippen molar-refractivity contribution in [3.63, 3.8) is 0 Å². The van der Waals surface area contributed by atoms with Crippen molar-refractivity contribution < 1.29 is 19.0 Å². The van der Waals surface area contributed by atoms with Crippen LogP contribution in [-0.2, 0) is 6.42 Å². The van der Waals surface area contributed by atoms with Crippen molar-refractivity contribution in [2.75, 3.05) is 27.5 Å². The highest BCUT2D eigenvalue weighted by molar-refractivity contribution is 5.96. The highest BCUT2D eigenvalue weighted by Crippen LogP contribution is 2.50. The van der Waals surface area contributed by atoms with Gasteiger partial charge in [0.15, 0.2) is 17.3 Å². The van der Waals surface area contributed by atoms with Crippen LogP contribution in [0, 0.1) is 0 Å². The van der Waals surface area contributed by atoms with Gasteiger partial charge < -0.3 is 14.2 Å². The summed E-state index contributed by atoms with van der Waals surface area (Å²) in [5.41, 5.74) is 2.87. The molecule has 0 unspecified atom stereocenters. The van der Waals surface area contributed by atoms with Gasteiger partial charge in [0.05, 0.1) is 7.11 Å². The number of ketones is 1. The van der Waals surface area contributed by atoms with Crippen molar-refractivity contribution in [3.8, 4) is 17.2 Å². The Morgan fingerprint density at radius 1 is 1.36 bits per heavy atom. The molecular formula is C19H20N2O4. The van der Waals surface area contributed by atoms with Gasteiger partial charge in [-0.2, -0.15) is 0 Å². The van der Waals surface area contributed by atoms with Crippen LogP contribution in [0.1, 0.15) is 33.9 Å². The molecule has 0 aliphatic carbocycles. The van der Waals surface area contributed by atoms with Crippen LogP contribution in [0.15, 0.2) is 30.6 Å². The lowest BCUT2D eigenvalue weighted by molar-refractivity contribution is 0.0925. The minimum atomic E-state index is -0.0612. The van der Waals surface area contributed by atoms with Crippen molar-refractivity contribution in [1.29, 1.82) is 0 Å². The maximum atomic E-state index is 12.8. The molecule has 2 aromatic rings. The van der Waals surface area contributed by atoms with E-state index in [0.29, 0.717) is 23.5 Å². The molecule has 0 spiro atoms. The smallest absolute Gasteiger partial charge is 0.231 e. The molecule has 0 N–H and O–H groups in total. The van der Waals surface area contributed by atoms with Crippen LogP contribution in [0.2, 0.25) is 0 Å². The summed E-state index contributed by atoms with van der Waals surface area (Å²) in [7, 11) is 3.67. The molecular weight excluding hydrogens is 320 g/mol. The molecule has 4 rings (SSSR count). The Morgan fingerprint density at radius 2 is 2.16 bits per heavy atom. The van der Waals surface area contributed by atoms with Crippen molar-refractivity contribution in [3.05, 3.63) is 47.3 Å². The molecule has 6 heteroatoms. The number of nitrogens with zero attached hydrogens (tertiary/aromatic N) is 2. The van der Waals surface area contributed by atoms with E-state index in [4.69, 9.17) is 14.2 Å². The van der Waals surface area contributed by atoms with Crippen molar-refractivity contribution in [1.82, 2.24) is 9.88 Å². The van der Waals surface area contributed by atoms with E-state index in [9.17, 15) is 4.79 Å². The number of Topliss-reactive ketones (excluding diaryl/α,β-unsaturated/α-hetero) is 1. The van der Waals surface area contributed by atoms with Crippen molar-refractivity contribution >= 4 is 5.78 Å². The van der Waals surface area contributed by atoms with Gasteiger partial charge in [-0.25, -0.2) is 0 Å². The summed E-state index contributed by atoms with van der Waals surface area (Å²) in [6.45, 7) is 1.08. The molecule has 0 amide bonds. The summed E-state index contributed by atoms with van der Waals surface area (Å²) in [6.07, 6.45) is 4.55. The third kappa shape index (κ3) is 2.72. The maximum absolute atomic E-state index is 12.8. The van der Waals surface area contributed by atoms with Gasteiger partial charge in [-0.1, -0.05) is 0 Å². The second kappa shape index (κ2) is 6.37. The fourth-order valence-electron chi connectivity index (χ4n) is 3.61. The summed E-state index contributed by atoms with van der Waals surface area (Å²) < 4.78 is 16.8. The molecule has 1 atom stereocenters. The van der Waals surface area contributed by atoms with Crippen LogP contribution < -0.4 is 14.2 Å². The Morgan fingerprint density at radius 3 is 2.92 bits per heavy atom. The van der Waals surface area contributed by atoms with E-state index in [-0.39, 0.29) is 18.6 Å². The van der Waals surface area contributed by atoms with Crippen molar-refractivity contribution in [2.24, 2.45) is 0 Å². The zero-order chi connectivity index (χ0) is 17.4. The van der Waals surface area contributed by atoms with Crippen LogP contribution >= 0.6 is 0 Å². The molecule has 25 heavy (non-hydrogen) atoms. The van der Waals surface area contributed by atoms with Gasteiger partial charge in [-0.15, -0.1) is 0 Å². The standard InChI is InChI=1S/C19H20N2O4/c1-21-8-5-13-9-16-18(25-11-24-16)19(23-2)17(13)14(21)10-15(22)12-3-6-20-7-4-12/h3-4,6-7,9,14H,5,8,10-11H2,1-2H3/t14-/m0/s1. The Bertz CT molecular complexity index is 807. The molecule has 1 aromatic heterocycles. The number of hydrogen-bond donors (Lipinski definition) is 0. The highest BCUT2D eigenvalue weighted by Gasteiger charge is 2.35. The second-order valence-electron chi connectivity index (χ2n) is 6.33. The third-order valence-corrected chi connectivity index (χ3v) is 4.93. The van der Waals surface area contributed by atoms with Gasteiger partial charge in [0.25, 0.3) is 0 Å². The van der Waals surface area contributed by atoms with E-state index in [1.54, 1.807) is 31.6 Å². The van der Waals surface area contributed by atoms with E-state index in [1.165, 1.54) is 0 Å². The molecule has 0 fully saturated rings. The average Bonchev–Trinajstić information content (AvgIpc) is 3.11. The highest BCUT2D eigenvalue weighted by atomic mass is 16.7. The quantitative estimate of drug-likeness (QED) is 0.798. The Balaban J connectivity index is 1.74. The van der Waals surface area contributed by atoms with Gasteiger partial charge in [-0.3, -0.25) is 14.7 Å². The molecule has 0 radical (unpaired) electrons. The molecule has 6 nitrogen and oxygen atoms in total. The molecule has 2 aliphatic rings. The Hall–Kier alpha value is -2.60. The van der Waals surface area contributed by atoms with E-state index in [2.05, 4.69) is 9.88 Å². The van der Waals surface area contributed by atoms with Gasteiger partial charge in [0.1, 0.15) is 0 Å². The second-order valence-corrected chi connectivity index (χ2v) is 6.33. The van der Waals surface area contributed by atoms with Crippen LogP contribution in [0.5, 0.6) is 17.2 Å². The summed E-state index contributed by atoms with van der Waals surface area (Å²) in [5.74, 6) is 2.13. The summed E-state index contributed by atoms with van der Waals surface area (Å²) >= 11 is 0. The van der Waals surface area contributed by atoms with E-state index in [0.717, 1.165) is 29.8 Å². The monoisotopic (exact) mass is 340 g/mol. The van der Waals surface area contributed by atoms with Crippen LogP contribution in [0.4, 0.5) is 0 Å². The number of likely N-dealkylation sites (N-methyl/N-ethyl adjacent to an activating group) is 1. The number of aromatic nitrogens is 1. The molecule has 3 heterocycles. The first kappa shape index (κ1) is 15.9. The van der Waals surface area contributed by atoms with Crippen molar-refractivity contribution in [2.45, 2.75) is 18.9 Å². The average molecular weight is 340 g/mol. The lowest BCUT2D eigenvalue weighted by Crippen LogP contribution is -2.34. The minimum absolute atomic E-state index is 0.0612. The van der Waals surface area contributed by atoms with Gasteiger partial charge >= 0.3 is 0 Å². The topological polar surface area (TPSA) is 60.9 Å². The van der Waals surface area contributed by atoms with Gasteiger partial charge in [0.2, 0.25) is 12.5 Å². The number of rotatable bonds is 4. The number of pyridine rings is 1. The van der Waals surface area contributed by atoms with Gasteiger partial charge in [-0.05, 0) is 37.2 Å². The number of fused-ring (bicyclic) bond motifs is 2. The predicted molar refractivity (Wildman–Crippen MR) is 91.4 cm³/mol. The molecule has 0 saturated heterocycles. The Kier molecular flexibility index (Phi) is 4.05. The van der Waals surface area contributed by atoms with Gasteiger partial charge in [0, 0.05) is 42.5 Å². The number of carbonyl (C=O) groups is 1. The van der Waals surface area contributed by atoms with E-state index in [1.807, 2.05) is 13.1 Å². The normalized spacial score (nSPS) is 18.7. The fourth-order valence-corrected chi connectivity index (χ4v) is 3.61. The SMILES string of the molecule is COc1c2c(cc3c1[C@H](CC(=O)c1ccncc1)N(C)CC3)OCO2. The first-order chi connectivity index (χ1) is 12.2. The Labute approximate surface area is 146 Å². The molecule has 0 saturated carbocycles. The molecule has 130 valence electrons. The summed E-state index contributed by atoms with van der Waals surface area (Å²) in [6, 6.07) is 5.47. The number of carbonyl (C=O) groups excluding carboxylic acids is 1. The molecule has 2 aliphatic heterocycles. The van der Waals surface area contributed by atoms with Crippen LogP contribution in [-0.4, -0.2) is 43.2 Å². The number of methoxy groups -OCH3 is 1. The minimum Gasteiger partial charge on any atom is -0.492 e. The first-order valence-corrected chi connectivity index (χ1v) is 8.32. The number of ether oxygens (including phenoxy) is 3. The maximum Gasteiger partial charge on any atom is 0.231 e. The predicted octanol–water partition coefficient (Wildman–Crippen LogP) is 2.62. The summed E-state index contributed by atoms with van der Waals surface area (Å²) in [5, 5.41) is 0. The van der Waals surface area contributed by atoms with Crippen LogP contribution in [0.3, 0.4) is 0 Å². The first-order valence-electron chi connectivity index (χ1n) is 8.32. The number of hydrogen-bond acceptors (Lipinski definition) is 6. The largest absolute Gasteiger partial charge is 0.492 e. The summed E-state index contributed by atoms with van der Waals surface area (Å²) in [4.78, 5) is 18.9. The zero-order valence-electron chi connectivity index (χ0n) is 14.3. The lowest BCUT2D eigenvalue weighted by Gasteiger charge is -2.35. The van der Waals surface area contributed by atoms with Crippen LogP contribution in [0.25, 0.3) is 0 Å². The molecule has 0 bridgehead atoms.